The molecule has 0 aromatic rings. The van der Waals surface area contributed by atoms with Crippen LogP contribution in [0.25, 0.3) is 0 Å². The third kappa shape index (κ3) is 20.5. The molecule has 0 saturated carbocycles. The van der Waals surface area contributed by atoms with Crippen LogP contribution in [0.15, 0.2) is 0 Å². The molecule has 0 rings (SSSR count). The second-order valence-electron chi connectivity index (χ2n) is 12.9. The smallest absolute Gasteiger partial charge is 0.171 e. The Kier molecular flexibility index (Phi) is 25.3. The predicted molar refractivity (Wildman–Crippen MR) is 169 cm³/mol. The summed E-state index contributed by atoms with van der Waals surface area (Å²) in [4.78, 5) is 13.4. The lowest BCUT2D eigenvalue weighted by molar-refractivity contribution is -0.914. The maximum Gasteiger partial charge on any atom is 0.171 e. The van der Waals surface area contributed by atoms with Crippen molar-refractivity contribution in [2.24, 2.45) is 0 Å². The molecule has 0 saturated heterocycles. The average molecular weight is 539 g/mol. The van der Waals surface area contributed by atoms with Crippen LogP contribution in [0.2, 0.25) is 0 Å². The van der Waals surface area contributed by atoms with E-state index in [0.717, 1.165) is 56.1 Å². The van der Waals surface area contributed by atoms with Crippen LogP contribution in [0.5, 0.6) is 0 Å². The van der Waals surface area contributed by atoms with Crippen LogP contribution in [0, 0.1) is 0 Å². The molecule has 0 aliphatic carbocycles. The van der Waals surface area contributed by atoms with Gasteiger partial charge in [-0.2, -0.15) is 0 Å². The minimum absolute atomic E-state index is 0.125. The molecule has 0 radical (unpaired) electrons. The lowest BCUT2D eigenvalue weighted by atomic mass is 9.87. The number of aliphatic hydroxyl groups is 1. The van der Waals surface area contributed by atoms with Crippen molar-refractivity contribution in [3.8, 4) is 0 Å². The maximum atomic E-state index is 13.4. The third-order valence-electron chi connectivity index (χ3n) is 8.64. The summed E-state index contributed by atoms with van der Waals surface area (Å²) in [5, 5.41) is 11.8. The zero-order valence-corrected chi connectivity index (χ0v) is 27.1. The molecule has 38 heavy (non-hydrogen) atoms. The van der Waals surface area contributed by atoms with Crippen molar-refractivity contribution in [1.29, 1.82) is 0 Å². The van der Waals surface area contributed by atoms with Gasteiger partial charge in [-0.25, -0.2) is 0 Å². The zero-order chi connectivity index (χ0) is 28.4. The highest BCUT2D eigenvalue weighted by molar-refractivity contribution is 5.87. The van der Waals surface area contributed by atoms with Gasteiger partial charge in [0, 0.05) is 6.42 Å². The van der Waals surface area contributed by atoms with Crippen LogP contribution >= 0.6 is 0 Å². The van der Waals surface area contributed by atoms with E-state index in [0.29, 0.717) is 19.4 Å². The average Bonchev–Trinajstić information content (AvgIpc) is 2.88. The fourth-order valence-corrected chi connectivity index (χ4v) is 6.38. The van der Waals surface area contributed by atoms with Crippen molar-refractivity contribution in [2.75, 3.05) is 26.7 Å². The van der Waals surface area contributed by atoms with E-state index in [1.165, 1.54) is 109 Å². The summed E-state index contributed by atoms with van der Waals surface area (Å²) < 4.78 is 0.825. The van der Waals surface area contributed by atoms with E-state index in [1.807, 2.05) is 0 Å². The Morgan fingerprint density at radius 2 is 0.868 bits per heavy atom. The number of hydrogen-bond donors (Lipinski definition) is 1. The van der Waals surface area contributed by atoms with Crippen LogP contribution in [0.3, 0.4) is 0 Å². The van der Waals surface area contributed by atoms with Gasteiger partial charge in [-0.3, -0.25) is 4.79 Å². The molecule has 1 N–H and O–H groups in total. The molecule has 0 aromatic heterocycles. The number of carbonyl (C=O) groups excluding carboxylic acids is 1. The number of unbranched alkanes of at least 4 members (excludes halogenated alkanes) is 19. The highest BCUT2D eigenvalue weighted by atomic mass is 16.3. The predicted octanol–water partition coefficient (Wildman–Crippen LogP) is 10.6. The maximum absolute atomic E-state index is 13.4. The molecule has 0 aliphatic heterocycles. The van der Waals surface area contributed by atoms with E-state index in [9.17, 15) is 9.90 Å². The van der Waals surface area contributed by atoms with Crippen LogP contribution in [-0.2, 0) is 4.79 Å². The van der Waals surface area contributed by atoms with E-state index >= 15 is 0 Å². The van der Waals surface area contributed by atoms with E-state index in [4.69, 9.17) is 0 Å². The number of likely N-dealkylation sites (N-methyl/N-ethyl adjacent to an activating group) is 1. The fourth-order valence-electron chi connectivity index (χ4n) is 6.38. The molecule has 0 spiro atoms. The summed E-state index contributed by atoms with van der Waals surface area (Å²) >= 11 is 0. The summed E-state index contributed by atoms with van der Waals surface area (Å²) in [5.41, 5.74) is -1.14. The Morgan fingerprint density at radius 3 is 1.24 bits per heavy atom. The van der Waals surface area contributed by atoms with Gasteiger partial charge < -0.3 is 9.59 Å². The molecule has 3 heteroatoms. The molecule has 3 nitrogen and oxygen atoms in total. The summed E-state index contributed by atoms with van der Waals surface area (Å²) in [5.74, 6) is 0.125. The van der Waals surface area contributed by atoms with E-state index in [2.05, 4.69) is 34.7 Å². The minimum Gasteiger partial charge on any atom is -0.377 e. The number of hydrogen-bond acceptors (Lipinski definition) is 2. The van der Waals surface area contributed by atoms with Crippen molar-refractivity contribution in [2.45, 2.75) is 194 Å². The largest absolute Gasteiger partial charge is 0.377 e. The van der Waals surface area contributed by atoms with Gasteiger partial charge in [0.1, 0.15) is 6.54 Å². The monoisotopic (exact) mass is 539 g/mol. The van der Waals surface area contributed by atoms with Gasteiger partial charge in [0.15, 0.2) is 11.4 Å². The first-order valence-corrected chi connectivity index (χ1v) is 17.5. The molecule has 228 valence electrons. The van der Waals surface area contributed by atoms with Crippen molar-refractivity contribution < 1.29 is 14.4 Å². The van der Waals surface area contributed by atoms with Crippen molar-refractivity contribution in [3.05, 3.63) is 0 Å². The lowest BCUT2D eigenvalue weighted by Gasteiger charge is -2.40. The molecule has 0 aromatic carbocycles. The Bertz CT molecular complexity index is 514. The Morgan fingerprint density at radius 1 is 0.526 bits per heavy atom. The quantitative estimate of drug-likeness (QED) is 0.0729. The molecule has 1 atom stereocenters. The van der Waals surface area contributed by atoms with Gasteiger partial charge in [-0.1, -0.05) is 150 Å². The Labute approximate surface area is 240 Å². The number of Topliss-reactive ketones (excluding diaryl/α,β-unsaturated/α-hetero) is 1. The second-order valence-corrected chi connectivity index (χ2v) is 12.9. The first kappa shape index (κ1) is 37.6. The van der Waals surface area contributed by atoms with E-state index in [-0.39, 0.29) is 5.78 Å². The summed E-state index contributed by atoms with van der Waals surface area (Å²) in [6.45, 7) is 11.7. The molecular formula is C35H72NO2+. The Hall–Kier alpha value is -0.410. The molecule has 0 heterocycles. The highest BCUT2D eigenvalue weighted by Gasteiger charge is 2.41. The zero-order valence-electron chi connectivity index (χ0n) is 27.1. The van der Waals surface area contributed by atoms with Gasteiger partial charge >= 0.3 is 0 Å². The summed E-state index contributed by atoms with van der Waals surface area (Å²) in [7, 11) is 2.26. The Balaban J connectivity index is 4.51. The molecule has 0 aliphatic rings. The van der Waals surface area contributed by atoms with Crippen LogP contribution in [-0.4, -0.2) is 47.7 Å². The summed E-state index contributed by atoms with van der Waals surface area (Å²) in [6, 6.07) is 0. The molecular weight excluding hydrogens is 466 g/mol. The minimum atomic E-state index is -1.14. The van der Waals surface area contributed by atoms with Crippen molar-refractivity contribution in [3.63, 3.8) is 0 Å². The first-order chi connectivity index (χ1) is 18.4. The van der Waals surface area contributed by atoms with Gasteiger partial charge in [0.05, 0.1) is 20.1 Å². The fraction of sp³-hybridized carbons (Fsp3) is 0.971. The molecule has 0 bridgehead atoms. The van der Waals surface area contributed by atoms with Crippen molar-refractivity contribution in [1.82, 2.24) is 0 Å². The van der Waals surface area contributed by atoms with Gasteiger partial charge in [0.25, 0.3) is 0 Å². The number of nitrogens with zero attached hydrogens (tertiary/aromatic N) is 1. The van der Waals surface area contributed by atoms with Crippen LogP contribution < -0.4 is 0 Å². The molecule has 1 unspecified atom stereocenters. The SMILES string of the molecule is CCCCCCCCCCCCCCC(O)(C[N+](C)(CCC)CCC)C(=O)CCCCCCCCCCC. The topological polar surface area (TPSA) is 37.3 Å². The highest BCUT2D eigenvalue weighted by Crippen LogP contribution is 2.25. The van der Waals surface area contributed by atoms with Crippen LogP contribution in [0.4, 0.5) is 0 Å². The molecule has 0 fully saturated rings. The number of carbonyl (C=O) groups is 1. The normalized spacial score (nSPS) is 13.6. The third-order valence-corrected chi connectivity index (χ3v) is 8.64. The number of rotatable bonds is 30. The first-order valence-electron chi connectivity index (χ1n) is 17.5. The van der Waals surface area contributed by atoms with Crippen LogP contribution in [0.1, 0.15) is 188 Å². The number of quaternary nitrogens is 1. The van der Waals surface area contributed by atoms with E-state index in [1.54, 1.807) is 0 Å². The van der Waals surface area contributed by atoms with Gasteiger partial charge in [0.2, 0.25) is 0 Å². The number of ketones is 1. The standard InChI is InChI=1S/C35H72NO2/c1-6-10-12-14-16-18-19-20-22-24-26-28-30-35(38,33-36(5,31-8-3)32-9-4)34(37)29-27-25-23-21-17-15-13-11-7-2/h38H,6-33H2,1-5H3/q+1. The van der Waals surface area contributed by atoms with E-state index < -0.39 is 5.60 Å². The summed E-state index contributed by atoms with van der Waals surface area (Å²) in [6.07, 6.45) is 30.5. The van der Waals surface area contributed by atoms with Crippen molar-refractivity contribution >= 4 is 5.78 Å². The van der Waals surface area contributed by atoms with Gasteiger partial charge in [-0.05, 0) is 32.1 Å². The molecule has 0 amide bonds. The lowest BCUT2D eigenvalue weighted by Crippen LogP contribution is -2.58. The second kappa shape index (κ2) is 25.6. The van der Waals surface area contributed by atoms with Gasteiger partial charge in [-0.15, -0.1) is 0 Å².